The topological polar surface area (TPSA) is 49.8 Å². The van der Waals surface area contributed by atoms with Gasteiger partial charge in [0.15, 0.2) is 0 Å². The molecule has 0 aliphatic heterocycles. The molecule has 1 heterocycles. The summed E-state index contributed by atoms with van der Waals surface area (Å²) < 4.78 is 13.1. The minimum absolute atomic E-state index is 0.256. The first-order valence-electron chi connectivity index (χ1n) is 6.65. The molecule has 2 aromatic carbocycles. The number of benzene rings is 2. The summed E-state index contributed by atoms with van der Waals surface area (Å²) >= 11 is 0. The number of anilines is 3. The molecule has 0 atom stereocenters. The van der Waals surface area contributed by atoms with Crippen LogP contribution in [0.3, 0.4) is 0 Å². The lowest BCUT2D eigenvalue weighted by molar-refractivity contribution is 0.627. The summed E-state index contributed by atoms with van der Waals surface area (Å²) in [5.41, 5.74) is 2.44. The van der Waals surface area contributed by atoms with Gasteiger partial charge in [-0.05, 0) is 42.8 Å². The van der Waals surface area contributed by atoms with Crippen molar-refractivity contribution < 1.29 is 4.39 Å². The van der Waals surface area contributed by atoms with Gasteiger partial charge in [0, 0.05) is 18.1 Å². The molecule has 0 spiro atoms. The zero-order valence-electron chi connectivity index (χ0n) is 11.8. The molecular weight excluding hydrogens is 267 g/mol. The quantitative estimate of drug-likeness (QED) is 0.766. The van der Waals surface area contributed by atoms with Crippen molar-refractivity contribution in [3.63, 3.8) is 0 Å². The molecule has 0 aliphatic carbocycles. The Morgan fingerprint density at radius 1 is 1.05 bits per heavy atom. The Bertz CT molecular complexity index is 801. The molecule has 4 nitrogen and oxygen atoms in total. The van der Waals surface area contributed by atoms with Crippen LogP contribution in [-0.2, 0) is 0 Å². The number of nitrogens with zero attached hydrogens (tertiary/aromatic N) is 2. The third-order valence-corrected chi connectivity index (χ3v) is 3.27. The fraction of sp³-hybridized carbons (Fsp3) is 0.125. The highest BCUT2D eigenvalue weighted by molar-refractivity contribution is 5.90. The fourth-order valence-electron chi connectivity index (χ4n) is 2.21. The van der Waals surface area contributed by atoms with Gasteiger partial charge in [0.05, 0.1) is 5.52 Å². The van der Waals surface area contributed by atoms with Crippen molar-refractivity contribution in [3.05, 3.63) is 53.8 Å². The molecule has 0 amide bonds. The van der Waals surface area contributed by atoms with E-state index >= 15 is 0 Å². The Labute approximate surface area is 122 Å². The molecule has 21 heavy (non-hydrogen) atoms. The van der Waals surface area contributed by atoms with Gasteiger partial charge in [0.1, 0.15) is 11.6 Å². The number of fused-ring (bicyclic) bond motifs is 1. The Morgan fingerprint density at radius 3 is 2.62 bits per heavy atom. The highest BCUT2D eigenvalue weighted by Gasteiger charge is 2.07. The molecule has 0 radical (unpaired) electrons. The molecule has 106 valence electrons. The number of hydrogen-bond donors (Lipinski definition) is 2. The van der Waals surface area contributed by atoms with Gasteiger partial charge in [-0.25, -0.2) is 9.37 Å². The predicted molar refractivity (Wildman–Crippen MR) is 83.5 cm³/mol. The number of para-hydroxylation sites is 1. The maximum atomic E-state index is 13.1. The molecule has 2 N–H and O–H groups in total. The van der Waals surface area contributed by atoms with Crippen LogP contribution in [0.15, 0.2) is 42.5 Å². The van der Waals surface area contributed by atoms with E-state index in [4.69, 9.17) is 0 Å². The summed E-state index contributed by atoms with van der Waals surface area (Å²) in [5.74, 6) is 0.976. The summed E-state index contributed by atoms with van der Waals surface area (Å²) in [7, 11) is 1.82. The second-order valence-corrected chi connectivity index (χ2v) is 4.75. The third kappa shape index (κ3) is 2.63. The summed E-state index contributed by atoms with van der Waals surface area (Å²) in [5, 5.41) is 7.17. The maximum absolute atomic E-state index is 13.1. The van der Waals surface area contributed by atoms with E-state index in [-0.39, 0.29) is 5.82 Å². The van der Waals surface area contributed by atoms with Crippen molar-refractivity contribution >= 4 is 28.4 Å². The first-order chi connectivity index (χ1) is 10.2. The molecule has 3 rings (SSSR count). The van der Waals surface area contributed by atoms with Crippen LogP contribution in [-0.4, -0.2) is 17.0 Å². The van der Waals surface area contributed by atoms with E-state index < -0.39 is 0 Å². The first-order valence-corrected chi connectivity index (χ1v) is 6.65. The van der Waals surface area contributed by atoms with Crippen LogP contribution >= 0.6 is 0 Å². The van der Waals surface area contributed by atoms with Gasteiger partial charge in [0.25, 0.3) is 0 Å². The number of nitrogens with one attached hydrogen (secondary N) is 2. The van der Waals surface area contributed by atoms with E-state index in [0.29, 0.717) is 5.95 Å². The summed E-state index contributed by atoms with van der Waals surface area (Å²) in [6.45, 7) is 1.84. The molecule has 0 saturated heterocycles. The van der Waals surface area contributed by atoms with Crippen LogP contribution < -0.4 is 10.6 Å². The summed E-state index contributed by atoms with van der Waals surface area (Å²) in [6, 6.07) is 12.3. The van der Waals surface area contributed by atoms with Crippen LogP contribution in [0.1, 0.15) is 5.56 Å². The van der Waals surface area contributed by atoms with E-state index in [0.717, 1.165) is 28.0 Å². The first kappa shape index (κ1) is 13.3. The normalized spacial score (nSPS) is 10.6. The molecule has 5 heteroatoms. The summed E-state index contributed by atoms with van der Waals surface area (Å²) in [6.07, 6.45) is 0. The molecule has 0 aliphatic rings. The molecular formula is C16H15FN4. The van der Waals surface area contributed by atoms with Crippen LogP contribution in [0, 0.1) is 12.7 Å². The Kier molecular flexibility index (Phi) is 3.39. The van der Waals surface area contributed by atoms with Gasteiger partial charge in [0.2, 0.25) is 5.95 Å². The molecule has 0 fully saturated rings. The highest BCUT2D eigenvalue weighted by Crippen LogP contribution is 2.24. The number of rotatable bonds is 3. The lowest BCUT2D eigenvalue weighted by atomic mass is 10.2. The van der Waals surface area contributed by atoms with Gasteiger partial charge >= 0.3 is 0 Å². The standard InChI is InChI=1S/C16H15FN4/c1-10-9-11(17)7-8-13(10)19-16-20-14-6-4-3-5-12(14)15(18-2)21-16/h3-9H,1-2H3,(H2,18,19,20,21). The third-order valence-electron chi connectivity index (χ3n) is 3.27. The number of halogens is 1. The van der Waals surface area contributed by atoms with Crippen LogP contribution in [0.25, 0.3) is 10.9 Å². The molecule has 0 saturated carbocycles. The van der Waals surface area contributed by atoms with Gasteiger partial charge in [-0.1, -0.05) is 12.1 Å². The Hall–Kier alpha value is -2.69. The van der Waals surface area contributed by atoms with Crippen molar-refractivity contribution in [3.8, 4) is 0 Å². The molecule has 3 aromatic rings. The average molecular weight is 282 g/mol. The van der Waals surface area contributed by atoms with E-state index in [1.54, 1.807) is 6.07 Å². The fourth-order valence-corrected chi connectivity index (χ4v) is 2.21. The van der Waals surface area contributed by atoms with Gasteiger partial charge in [-0.15, -0.1) is 0 Å². The number of aryl methyl sites for hydroxylation is 1. The minimum atomic E-state index is -0.256. The lowest BCUT2D eigenvalue weighted by Gasteiger charge is -2.11. The van der Waals surface area contributed by atoms with Crippen LogP contribution in [0.5, 0.6) is 0 Å². The zero-order valence-corrected chi connectivity index (χ0v) is 11.8. The van der Waals surface area contributed by atoms with Crippen molar-refractivity contribution in [2.75, 3.05) is 17.7 Å². The largest absolute Gasteiger partial charge is 0.372 e. The van der Waals surface area contributed by atoms with E-state index in [1.807, 2.05) is 38.2 Å². The minimum Gasteiger partial charge on any atom is -0.372 e. The van der Waals surface area contributed by atoms with Crippen molar-refractivity contribution in [1.29, 1.82) is 0 Å². The van der Waals surface area contributed by atoms with Crippen LogP contribution in [0.4, 0.5) is 21.8 Å². The second kappa shape index (κ2) is 5.36. The van der Waals surface area contributed by atoms with E-state index in [2.05, 4.69) is 20.6 Å². The van der Waals surface area contributed by atoms with Gasteiger partial charge in [-0.2, -0.15) is 4.98 Å². The van der Waals surface area contributed by atoms with E-state index in [1.165, 1.54) is 12.1 Å². The Morgan fingerprint density at radius 2 is 1.86 bits per heavy atom. The van der Waals surface area contributed by atoms with Crippen molar-refractivity contribution in [2.45, 2.75) is 6.92 Å². The maximum Gasteiger partial charge on any atom is 0.229 e. The lowest BCUT2D eigenvalue weighted by Crippen LogP contribution is -2.03. The molecule has 0 unspecified atom stereocenters. The number of hydrogen-bond acceptors (Lipinski definition) is 4. The monoisotopic (exact) mass is 282 g/mol. The SMILES string of the molecule is CNc1nc(Nc2ccc(F)cc2C)nc2ccccc12. The van der Waals surface area contributed by atoms with Crippen LogP contribution in [0.2, 0.25) is 0 Å². The van der Waals surface area contributed by atoms with Crippen molar-refractivity contribution in [1.82, 2.24) is 9.97 Å². The van der Waals surface area contributed by atoms with Gasteiger partial charge in [-0.3, -0.25) is 0 Å². The highest BCUT2D eigenvalue weighted by atomic mass is 19.1. The molecule has 0 bridgehead atoms. The molecule has 1 aromatic heterocycles. The van der Waals surface area contributed by atoms with Crippen molar-refractivity contribution in [2.24, 2.45) is 0 Å². The Balaban J connectivity index is 2.04. The zero-order chi connectivity index (χ0) is 14.8. The average Bonchev–Trinajstić information content (AvgIpc) is 2.49. The predicted octanol–water partition coefficient (Wildman–Crippen LogP) is 3.86. The van der Waals surface area contributed by atoms with E-state index in [9.17, 15) is 4.39 Å². The second-order valence-electron chi connectivity index (χ2n) is 4.75. The number of aromatic nitrogens is 2. The van der Waals surface area contributed by atoms with Gasteiger partial charge < -0.3 is 10.6 Å². The summed E-state index contributed by atoms with van der Waals surface area (Å²) in [4.78, 5) is 8.94. The smallest absolute Gasteiger partial charge is 0.229 e.